The summed E-state index contributed by atoms with van der Waals surface area (Å²) in [5.74, 6) is -3.97. The van der Waals surface area contributed by atoms with E-state index in [-0.39, 0.29) is 30.3 Å². The van der Waals surface area contributed by atoms with Crippen LogP contribution in [0, 0.1) is 17.6 Å². The molecule has 2 rings (SSSR count). The summed E-state index contributed by atoms with van der Waals surface area (Å²) < 4.78 is 26.7. The van der Waals surface area contributed by atoms with Gasteiger partial charge in [0.1, 0.15) is 5.82 Å². The minimum atomic E-state index is -0.950. The normalized spacial score (nSPS) is 16.1. The van der Waals surface area contributed by atoms with Crippen molar-refractivity contribution < 1.29 is 23.5 Å². The van der Waals surface area contributed by atoms with Crippen molar-refractivity contribution in [2.24, 2.45) is 5.92 Å². The van der Waals surface area contributed by atoms with E-state index in [4.69, 9.17) is 5.11 Å². The van der Waals surface area contributed by atoms with Crippen molar-refractivity contribution in [1.82, 2.24) is 0 Å². The molecule has 1 unspecified atom stereocenters. The van der Waals surface area contributed by atoms with Gasteiger partial charge >= 0.3 is 0 Å². The van der Waals surface area contributed by atoms with Gasteiger partial charge in [-0.3, -0.25) is 9.59 Å². The zero-order chi connectivity index (χ0) is 13.4. The number of ketones is 1. The number of amides is 1. The fourth-order valence-electron chi connectivity index (χ4n) is 1.90. The Bertz CT molecular complexity index is 530. The molecule has 18 heavy (non-hydrogen) atoms. The molecule has 6 heteroatoms. The highest BCUT2D eigenvalue weighted by molar-refractivity contribution is 6.52. The fourth-order valence-corrected chi connectivity index (χ4v) is 1.90. The van der Waals surface area contributed by atoms with Crippen molar-refractivity contribution in [2.45, 2.75) is 6.92 Å². The van der Waals surface area contributed by atoms with Crippen LogP contribution in [0.3, 0.4) is 0 Å². The number of rotatable bonds is 3. The van der Waals surface area contributed by atoms with Gasteiger partial charge in [-0.05, 0) is 12.0 Å². The van der Waals surface area contributed by atoms with Crippen molar-refractivity contribution >= 4 is 17.4 Å². The third-order valence-corrected chi connectivity index (χ3v) is 2.79. The molecule has 96 valence electrons. The molecule has 1 aliphatic heterocycles. The van der Waals surface area contributed by atoms with Crippen LogP contribution in [0.25, 0.3) is 0 Å². The monoisotopic (exact) mass is 255 g/mol. The zero-order valence-electron chi connectivity index (χ0n) is 9.61. The van der Waals surface area contributed by atoms with Gasteiger partial charge in [-0.25, -0.2) is 8.78 Å². The number of Topliss-reactive ketones (excluding diaryl/α,β-unsaturated/α-hetero) is 1. The van der Waals surface area contributed by atoms with Crippen molar-refractivity contribution in [2.75, 3.05) is 18.1 Å². The molecule has 0 aliphatic carbocycles. The van der Waals surface area contributed by atoms with E-state index in [0.717, 1.165) is 11.0 Å². The molecular weight excluding hydrogens is 244 g/mol. The van der Waals surface area contributed by atoms with E-state index in [1.54, 1.807) is 6.92 Å². The summed E-state index contributed by atoms with van der Waals surface area (Å²) in [7, 11) is 0. The smallest absolute Gasteiger partial charge is 0.299 e. The van der Waals surface area contributed by atoms with Gasteiger partial charge in [0.25, 0.3) is 11.7 Å². The Morgan fingerprint density at radius 1 is 1.33 bits per heavy atom. The van der Waals surface area contributed by atoms with Gasteiger partial charge in [-0.2, -0.15) is 0 Å². The van der Waals surface area contributed by atoms with Crippen molar-refractivity contribution in [1.29, 1.82) is 0 Å². The molecule has 0 radical (unpaired) electrons. The van der Waals surface area contributed by atoms with Gasteiger partial charge in [-0.1, -0.05) is 6.92 Å². The van der Waals surface area contributed by atoms with Gasteiger partial charge in [0.15, 0.2) is 5.82 Å². The summed E-state index contributed by atoms with van der Waals surface area (Å²) in [6, 6.07) is 1.48. The van der Waals surface area contributed by atoms with Crippen LogP contribution in [0.1, 0.15) is 17.3 Å². The number of fused-ring (bicyclic) bond motifs is 1. The second-order valence-electron chi connectivity index (χ2n) is 4.32. The van der Waals surface area contributed by atoms with Gasteiger partial charge in [-0.15, -0.1) is 0 Å². The third kappa shape index (κ3) is 1.88. The molecule has 1 atom stereocenters. The molecule has 1 amide bonds. The van der Waals surface area contributed by atoms with E-state index in [2.05, 4.69) is 0 Å². The number of hydrogen-bond acceptors (Lipinski definition) is 3. The molecule has 1 N–H and O–H groups in total. The number of halogens is 2. The van der Waals surface area contributed by atoms with Crippen LogP contribution in [0.2, 0.25) is 0 Å². The highest BCUT2D eigenvalue weighted by atomic mass is 19.1. The first-order chi connectivity index (χ1) is 8.45. The summed E-state index contributed by atoms with van der Waals surface area (Å²) >= 11 is 0. The molecule has 1 aliphatic rings. The van der Waals surface area contributed by atoms with E-state index in [1.165, 1.54) is 0 Å². The van der Waals surface area contributed by atoms with Crippen LogP contribution in [0.15, 0.2) is 12.1 Å². The first-order valence-corrected chi connectivity index (χ1v) is 5.41. The lowest BCUT2D eigenvalue weighted by Crippen LogP contribution is -2.35. The maximum absolute atomic E-state index is 13.7. The third-order valence-electron chi connectivity index (χ3n) is 2.79. The first kappa shape index (κ1) is 12.6. The van der Waals surface area contributed by atoms with Gasteiger partial charge in [0, 0.05) is 19.2 Å². The topological polar surface area (TPSA) is 57.6 Å². The Labute approximate surface area is 102 Å². The molecule has 0 saturated heterocycles. The number of carbonyl (C=O) groups is 2. The van der Waals surface area contributed by atoms with Crippen LogP contribution >= 0.6 is 0 Å². The summed E-state index contributed by atoms with van der Waals surface area (Å²) in [6.45, 7) is 1.46. The Morgan fingerprint density at radius 3 is 2.61 bits per heavy atom. The predicted octanol–water partition coefficient (Wildman–Crippen LogP) is 1.12. The van der Waals surface area contributed by atoms with Gasteiger partial charge < -0.3 is 10.0 Å². The molecule has 1 aromatic carbocycles. The Morgan fingerprint density at radius 2 is 2.00 bits per heavy atom. The summed E-state index contributed by atoms with van der Waals surface area (Å²) in [5, 5.41) is 8.93. The van der Waals surface area contributed by atoms with Crippen molar-refractivity contribution in [3.8, 4) is 0 Å². The van der Waals surface area contributed by atoms with Gasteiger partial charge in [0.05, 0.1) is 11.3 Å². The van der Waals surface area contributed by atoms with E-state index in [0.29, 0.717) is 6.07 Å². The Hall–Kier alpha value is -1.82. The van der Waals surface area contributed by atoms with Crippen molar-refractivity contribution in [3.63, 3.8) is 0 Å². The molecule has 1 heterocycles. The highest BCUT2D eigenvalue weighted by Crippen LogP contribution is 2.33. The number of aliphatic hydroxyl groups is 1. The maximum atomic E-state index is 13.7. The number of hydrogen-bond donors (Lipinski definition) is 1. The zero-order valence-corrected chi connectivity index (χ0v) is 9.61. The Balaban J connectivity index is 2.48. The summed E-state index contributed by atoms with van der Waals surface area (Å²) in [6.07, 6.45) is 0. The summed E-state index contributed by atoms with van der Waals surface area (Å²) in [4.78, 5) is 24.2. The Kier molecular flexibility index (Phi) is 3.13. The number of anilines is 1. The van der Waals surface area contributed by atoms with Crippen LogP contribution in [0.5, 0.6) is 0 Å². The lowest BCUT2D eigenvalue weighted by atomic mass is 10.1. The largest absolute Gasteiger partial charge is 0.396 e. The molecule has 0 spiro atoms. The lowest BCUT2D eigenvalue weighted by Gasteiger charge is -2.20. The molecule has 0 aromatic heterocycles. The van der Waals surface area contributed by atoms with E-state index < -0.39 is 23.3 Å². The van der Waals surface area contributed by atoms with Gasteiger partial charge in [0.2, 0.25) is 0 Å². The average Bonchev–Trinajstić information content (AvgIpc) is 2.54. The molecular formula is C12H11F2NO3. The van der Waals surface area contributed by atoms with E-state index >= 15 is 0 Å². The molecule has 0 fully saturated rings. The van der Waals surface area contributed by atoms with E-state index in [9.17, 15) is 18.4 Å². The number of benzene rings is 1. The van der Waals surface area contributed by atoms with Crippen LogP contribution in [-0.2, 0) is 4.79 Å². The van der Waals surface area contributed by atoms with Crippen LogP contribution < -0.4 is 4.90 Å². The highest BCUT2D eigenvalue weighted by Gasteiger charge is 2.39. The van der Waals surface area contributed by atoms with E-state index in [1.807, 2.05) is 0 Å². The lowest BCUT2D eigenvalue weighted by molar-refractivity contribution is -0.114. The number of nitrogens with zero attached hydrogens (tertiary/aromatic N) is 1. The molecule has 0 bridgehead atoms. The molecule has 1 aromatic rings. The maximum Gasteiger partial charge on any atom is 0.299 e. The second-order valence-corrected chi connectivity index (χ2v) is 4.32. The quantitative estimate of drug-likeness (QED) is 0.823. The van der Waals surface area contributed by atoms with Crippen molar-refractivity contribution in [3.05, 3.63) is 29.3 Å². The predicted molar refractivity (Wildman–Crippen MR) is 59.3 cm³/mol. The second kappa shape index (κ2) is 4.45. The fraction of sp³-hybridized carbons (Fsp3) is 0.333. The first-order valence-electron chi connectivity index (χ1n) is 5.41. The number of aliphatic hydroxyl groups excluding tert-OH is 1. The summed E-state index contributed by atoms with van der Waals surface area (Å²) in [5.41, 5.74) is -0.464. The average molecular weight is 255 g/mol. The SMILES string of the molecule is CC(CO)CN1C(=O)C(=O)c2cc(F)cc(F)c21. The minimum absolute atomic E-state index is 0.0105. The van der Waals surface area contributed by atoms with Crippen LogP contribution in [0.4, 0.5) is 14.5 Å². The minimum Gasteiger partial charge on any atom is -0.396 e. The molecule has 0 saturated carbocycles. The number of carbonyl (C=O) groups excluding carboxylic acids is 2. The molecule has 4 nitrogen and oxygen atoms in total. The standard InChI is InChI=1S/C12H11F2NO3/c1-6(5-16)4-15-10-8(11(17)12(15)18)2-7(13)3-9(10)14/h2-3,6,16H,4-5H2,1H3. The van der Waals surface area contributed by atoms with Crippen LogP contribution in [-0.4, -0.2) is 29.9 Å².